The summed E-state index contributed by atoms with van der Waals surface area (Å²) in [6.45, 7) is 5.06. The number of halogens is 2. The molecule has 1 aromatic carbocycles. The van der Waals surface area contributed by atoms with Crippen LogP contribution in [0.2, 0.25) is 0 Å². The third-order valence-electron chi connectivity index (χ3n) is 3.22. The van der Waals surface area contributed by atoms with Crippen LogP contribution in [0.5, 0.6) is 0 Å². The summed E-state index contributed by atoms with van der Waals surface area (Å²) in [7, 11) is 0. The molecule has 0 spiro atoms. The molecule has 4 heteroatoms. The number of ether oxygens (including phenoxy) is 2. The van der Waals surface area contributed by atoms with Crippen molar-refractivity contribution in [2.75, 3.05) is 13.2 Å². The van der Waals surface area contributed by atoms with E-state index in [1.54, 1.807) is 0 Å². The molecule has 2 nitrogen and oxygen atoms in total. The molecule has 0 N–H and O–H groups in total. The van der Waals surface area contributed by atoms with E-state index in [0.717, 1.165) is 5.56 Å². The minimum Gasteiger partial charge on any atom is -0.353 e. The molecule has 0 aromatic heterocycles. The fourth-order valence-corrected chi connectivity index (χ4v) is 3.22. The summed E-state index contributed by atoms with van der Waals surface area (Å²) in [5, 5.41) is 0. The summed E-state index contributed by atoms with van der Waals surface area (Å²) >= 11 is 12.8. The average Bonchev–Trinajstić information content (AvgIpc) is 2.93. The van der Waals surface area contributed by atoms with Gasteiger partial charge in [-0.3, -0.25) is 0 Å². The highest BCUT2D eigenvalue weighted by Gasteiger charge is 2.67. The molecule has 1 aliphatic rings. The van der Waals surface area contributed by atoms with E-state index in [9.17, 15) is 0 Å². The van der Waals surface area contributed by atoms with Crippen LogP contribution in [-0.4, -0.2) is 23.8 Å². The first-order chi connectivity index (χ1) is 8.62. The van der Waals surface area contributed by atoms with Crippen molar-refractivity contribution in [1.82, 2.24) is 0 Å². The predicted octanol–water partition coefficient (Wildman–Crippen LogP) is 3.97. The monoisotopic (exact) mass is 288 g/mol. The maximum atomic E-state index is 6.38. The molecule has 0 amide bonds. The largest absolute Gasteiger partial charge is 0.353 e. The smallest absolute Gasteiger partial charge is 0.163 e. The van der Waals surface area contributed by atoms with E-state index in [1.807, 2.05) is 44.2 Å². The Balaban J connectivity index is 2.14. The van der Waals surface area contributed by atoms with E-state index in [-0.39, 0.29) is 18.1 Å². The zero-order valence-corrected chi connectivity index (χ0v) is 12.1. The summed E-state index contributed by atoms with van der Waals surface area (Å²) in [6.07, 6.45) is -0.333. The van der Waals surface area contributed by atoms with Gasteiger partial charge in [0.2, 0.25) is 0 Å². The molecule has 1 aliphatic carbocycles. The Morgan fingerprint density at radius 1 is 1.11 bits per heavy atom. The van der Waals surface area contributed by atoms with E-state index < -0.39 is 4.33 Å². The number of hydrogen-bond donors (Lipinski definition) is 0. The van der Waals surface area contributed by atoms with Crippen molar-refractivity contribution < 1.29 is 9.47 Å². The van der Waals surface area contributed by atoms with Crippen molar-refractivity contribution in [3.63, 3.8) is 0 Å². The molecule has 0 bridgehead atoms. The van der Waals surface area contributed by atoms with Gasteiger partial charge in [-0.2, -0.15) is 0 Å². The van der Waals surface area contributed by atoms with Gasteiger partial charge in [-0.05, 0) is 19.4 Å². The molecule has 2 atom stereocenters. The lowest BCUT2D eigenvalue weighted by atomic mass is 10.1. The lowest BCUT2D eigenvalue weighted by Crippen LogP contribution is -2.22. The van der Waals surface area contributed by atoms with Crippen LogP contribution in [-0.2, 0) is 9.47 Å². The molecule has 100 valence electrons. The molecule has 2 rings (SSSR count). The second kappa shape index (κ2) is 5.79. The Hall–Kier alpha value is -0.280. The van der Waals surface area contributed by atoms with Gasteiger partial charge in [0.1, 0.15) is 4.33 Å². The quantitative estimate of drug-likeness (QED) is 0.582. The van der Waals surface area contributed by atoms with Gasteiger partial charge in [-0.1, -0.05) is 30.3 Å². The molecule has 0 unspecified atom stereocenters. The van der Waals surface area contributed by atoms with Gasteiger partial charge < -0.3 is 9.47 Å². The Morgan fingerprint density at radius 2 is 1.67 bits per heavy atom. The Labute approximate surface area is 118 Å². The van der Waals surface area contributed by atoms with Crippen LogP contribution in [0.1, 0.15) is 25.3 Å². The SMILES string of the molecule is CCOC(OCC)[C@H]1[C@H](c2ccccc2)C1(Cl)Cl. The highest BCUT2D eigenvalue weighted by atomic mass is 35.5. The van der Waals surface area contributed by atoms with Gasteiger partial charge in [-0.25, -0.2) is 0 Å². The number of benzene rings is 1. The lowest BCUT2D eigenvalue weighted by molar-refractivity contribution is -0.149. The van der Waals surface area contributed by atoms with Gasteiger partial charge in [-0.15, -0.1) is 23.2 Å². The van der Waals surface area contributed by atoms with E-state index in [1.165, 1.54) is 0 Å². The van der Waals surface area contributed by atoms with Crippen molar-refractivity contribution >= 4 is 23.2 Å². The van der Waals surface area contributed by atoms with Gasteiger partial charge in [0, 0.05) is 19.1 Å². The molecule has 0 saturated heterocycles. The molecular weight excluding hydrogens is 271 g/mol. The standard InChI is InChI=1S/C14H18Cl2O2/c1-3-17-13(18-4-2)12-11(14(12,15)16)10-8-6-5-7-9-10/h5-9,11-13H,3-4H2,1-2H3/t11-,12+/m0/s1. The maximum Gasteiger partial charge on any atom is 0.163 e. The third-order valence-corrected chi connectivity index (χ3v) is 4.20. The Kier molecular flexibility index (Phi) is 4.54. The highest BCUT2D eigenvalue weighted by Crippen LogP contribution is 2.66. The zero-order chi connectivity index (χ0) is 13.2. The third kappa shape index (κ3) is 2.67. The average molecular weight is 289 g/mol. The summed E-state index contributed by atoms with van der Waals surface area (Å²) in [5.41, 5.74) is 1.14. The topological polar surface area (TPSA) is 18.5 Å². The molecule has 0 radical (unpaired) electrons. The first-order valence-corrected chi connectivity index (χ1v) is 7.04. The summed E-state index contributed by atoms with van der Waals surface area (Å²) in [4.78, 5) is 0. The molecule has 1 fully saturated rings. The first kappa shape index (κ1) is 14.1. The van der Waals surface area contributed by atoms with E-state index in [4.69, 9.17) is 32.7 Å². The zero-order valence-electron chi connectivity index (χ0n) is 10.6. The lowest BCUT2D eigenvalue weighted by Gasteiger charge is -2.17. The Bertz CT molecular complexity index is 375. The van der Waals surface area contributed by atoms with Gasteiger partial charge in [0.05, 0.1) is 5.92 Å². The second-order valence-corrected chi connectivity index (χ2v) is 5.81. The second-order valence-electron chi connectivity index (χ2n) is 4.37. The molecular formula is C14H18Cl2O2. The predicted molar refractivity (Wildman–Crippen MR) is 74.2 cm³/mol. The fourth-order valence-electron chi connectivity index (χ4n) is 2.36. The summed E-state index contributed by atoms with van der Waals surface area (Å²) < 4.78 is 10.4. The highest BCUT2D eigenvalue weighted by molar-refractivity contribution is 6.52. The fraction of sp³-hybridized carbons (Fsp3) is 0.571. The maximum absolute atomic E-state index is 6.38. The number of hydrogen-bond acceptors (Lipinski definition) is 2. The van der Waals surface area contributed by atoms with Crippen molar-refractivity contribution in [3.05, 3.63) is 35.9 Å². The number of rotatable bonds is 6. The van der Waals surface area contributed by atoms with Gasteiger partial charge >= 0.3 is 0 Å². The van der Waals surface area contributed by atoms with Crippen LogP contribution >= 0.6 is 23.2 Å². The van der Waals surface area contributed by atoms with Crippen LogP contribution in [0.3, 0.4) is 0 Å². The van der Waals surface area contributed by atoms with Crippen molar-refractivity contribution in [2.45, 2.75) is 30.4 Å². The first-order valence-electron chi connectivity index (χ1n) is 6.28. The summed E-state index contributed by atoms with van der Waals surface area (Å²) in [5.74, 6) is 0.0632. The van der Waals surface area contributed by atoms with E-state index >= 15 is 0 Å². The minimum absolute atomic E-state index is 0.0110. The van der Waals surface area contributed by atoms with Crippen molar-refractivity contribution in [2.24, 2.45) is 5.92 Å². The van der Waals surface area contributed by atoms with Crippen LogP contribution in [0.4, 0.5) is 0 Å². The van der Waals surface area contributed by atoms with Crippen LogP contribution in [0.15, 0.2) is 30.3 Å². The summed E-state index contributed by atoms with van der Waals surface area (Å²) in [6, 6.07) is 10.0. The molecule has 1 saturated carbocycles. The molecule has 0 aliphatic heterocycles. The van der Waals surface area contributed by atoms with Crippen molar-refractivity contribution in [3.8, 4) is 0 Å². The van der Waals surface area contributed by atoms with Crippen LogP contribution in [0.25, 0.3) is 0 Å². The normalized spacial score (nSPS) is 25.4. The number of alkyl halides is 2. The molecule has 18 heavy (non-hydrogen) atoms. The van der Waals surface area contributed by atoms with Gasteiger partial charge in [0.25, 0.3) is 0 Å². The van der Waals surface area contributed by atoms with E-state index in [0.29, 0.717) is 13.2 Å². The van der Waals surface area contributed by atoms with Crippen molar-refractivity contribution in [1.29, 1.82) is 0 Å². The van der Waals surface area contributed by atoms with E-state index in [2.05, 4.69) is 0 Å². The molecule has 0 heterocycles. The molecule has 1 aromatic rings. The minimum atomic E-state index is -0.795. The van der Waals surface area contributed by atoms with Gasteiger partial charge in [0.15, 0.2) is 6.29 Å². The van der Waals surface area contributed by atoms with Crippen LogP contribution < -0.4 is 0 Å². The Morgan fingerprint density at radius 3 is 2.17 bits per heavy atom. The van der Waals surface area contributed by atoms with Crippen LogP contribution in [0, 0.1) is 5.92 Å².